The third-order valence-corrected chi connectivity index (χ3v) is 2.25. The molecular formula is C12H7FO4. The van der Waals surface area contributed by atoms with Crippen LogP contribution >= 0.6 is 0 Å². The number of rotatable bonds is 3. The topological polar surface area (TPSA) is 67.5 Å². The first-order valence-corrected chi connectivity index (χ1v) is 4.70. The molecule has 0 radical (unpaired) electrons. The molecule has 0 aliphatic rings. The molecule has 86 valence electrons. The Balaban J connectivity index is 2.56. The van der Waals surface area contributed by atoms with Crippen molar-refractivity contribution in [2.75, 3.05) is 0 Å². The predicted octanol–water partition coefficient (Wildman–Crippen LogP) is 2.60. The van der Waals surface area contributed by atoms with Crippen molar-refractivity contribution in [3.05, 3.63) is 47.5 Å². The lowest BCUT2D eigenvalue weighted by atomic mass is 10.1. The van der Waals surface area contributed by atoms with Gasteiger partial charge in [-0.25, -0.2) is 9.18 Å². The van der Waals surface area contributed by atoms with Gasteiger partial charge in [0.2, 0.25) is 5.76 Å². The second-order valence-electron chi connectivity index (χ2n) is 3.29. The SMILES string of the molecule is O=Cc1c(F)cccc1-c1ccc(C(=O)O)o1. The zero-order valence-electron chi connectivity index (χ0n) is 8.51. The van der Waals surface area contributed by atoms with E-state index in [1.54, 1.807) is 0 Å². The molecule has 0 spiro atoms. The molecule has 2 rings (SSSR count). The highest BCUT2D eigenvalue weighted by atomic mass is 19.1. The summed E-state index contributed by atoms with van der Waals surface area (Å²) in [6, 6.07) is 6.68. The molecule has 0 atom stereocenters. The average Bonchev–Trinajstić information content (AvgIpc) is 2.77. The first-order valence-electron chi connectivity index (χ1n) is 4.70. The fourth-order valence-electron chi connectivity index (χ4n) is 1.47. The highest BCUT2D eigenvalue weighted by molar-refractivity contribution is 5.88. The highest BCUT2D eigenvalue weighted by Gasteiger charge is 2.15. The van der Waals surface area contributed by atoms with Gasteiger partial charge in [0.15, 0.2) is 6.29 Å². The van der Waals surface area contributed by atoms with E-state index in [0.29, 0.717) is 6.29 Å². The first kappa shape index (κ1) is 11.1. The minimum atomic E-state index is -1.22. The van der Waals surface area contributed by atoms with Crippen molar-refractivity contribution in [2.45, 2.75) is 0 Å². The molecular weight excluding hydrogens is 227 g/mol. The number of aldehydes is 1. The van der Waals surface area contributed by atoms with Crippen LogP contribution in [0.1, 0.15) is 20.9 Å². The molecule has 0 aliphatic carbocycles. The van der Waals surface area contributed by atoms with Gasteiger partial charge >= 0.3 is 5.97 Å². The molecule has 1 aromatic carbocycles. The lowest BCUT2D eigenvalue weighted by Crippen LogP contribution is -1.93. The number of halogens is 1. The average molecular weight is 234 g/mol. The summed E-state index contributed by atoms with van der Waals surface area (Å²) >= 11 is 0. The fourth-order valence-corrected chi connectivity index (χ4v) is 1.47. The quantitative estimate of drug-likeness (QED) is 0.829. The van der Waals surface area contributed by atoms with E-state index < -0.39 is 11.8 Å². The smallest absolute Gasteiger partial charge is 0.371 e. The molecule has 1 aromatic heterocycles. The number of furan rings is 1. The number of hydrogen-bond donors (Lipinski definition) is 1. The Morgan fingerprint density at radius 3 is 2.65 bits per heavy atom. The van der Waals surface area contributed by atoms with E-state index in [-0.39, 0.29) is 22.6 Å². The molecule has 0 saturated heterocycles. The van der Waals surface area contributed by atoms with Crippen molar-refractivity contribution < 1.29 is 23.5 Å². The molecule has 0 fully saturated rings. The number of hydrogen-bond acceptors (Lipinski definition) is 3. The highest BCUT2D eigenvalue weighted by Crippen LogP contribution is 2.26. The summed E-state index contributed by atoms with van der Waals surface area (Å²) in [6.07, 6.45) is 0.369. The fraction of sp³-hybridized carbons (Fsp3) is 0. The van der Waals surface area contributed by atoms with Crippen LogP contribution in [-0.2, 0) is 0 Å². The van der Waals surface area contributed by atoms with E-state index in [9.17, 15) is 14.0 Å². The summed E-state index contributed by atoms with van der Waals surface area (Å²) in [6.45, 7) is 0. The van der Waals surface area contributed by atoms with E-state index >= 15 is 0 Å². The third-order valence-electron chi connectivity index (χ3n) is 2.25. The summed E-state index contributed by atoms with van der Waals surface area (Å²) in [7, 11) is 0. The Kier molecular flexibility index (Phi) is 2.74. The zero-order valence-corrected chi connectivity index (χ0v) is 8.51. The van der Waals surface area contributed by atoms with Crippen molar-refractivity contribution in [3.63, 3.8) is 0 Å². The van der Waals surface area contributed by atoms with Crippen LogP contribution in [0.4, 0.5) is 4.39 Å². The Morgan fingerprint density at radius 1 is 1.29 bits per heavy atom. The summed E-state index contributed by atoms with van der Waals surface area (Å²) in [5.41, 5.74) is 0.0753. The molecule has 0 aliphatic heterocycles. The van der Waals surface area contributed by atoms with Crippen LogP contribution in [0, 0.1) is 5.82 Å². The minimum Gasteiger partial charge on any atom is -0.475 e. The number of carboxylic acid groups (broad SMARTS) is 1. The largest absolute Gasteiger partial charge is 0.475 e. The van der Waals surface area contributed by atoms with E-state index in [1.165, 1.54) is 24.3 Å². The van der Waals surface area contributed by atoms with Gasteiger partial charge in [0.1, 0.15) is 11.6 Å². The predicted molar refractivity (Wildman–Crippen MR) is 56.4 cm³/mol. The molecule has 2 aromatic rings. The van der Waals surface area contributed by atoms with Crippen molar-refractivity contribution in [2.24, 2.45) is 0 Å². The van der Waals surface area contributed by atoms with Gasteiger partial charge in [-0.3, -0.25) is 4.79 Å². The van der Waals surface area contributed by atoms with Crippen LogP contribution < -0.4 is 0 Å². The molecule has 0 unspecified atom stereocenters. The van der Waals surface area contributed by atoms with Crippen molar-refractivity contribution in [1.29, 1.82) is 0 Å². The van der Waals surface area contributed by atoms with Gasteiger partial charge in [-0.1, -0.05) is 12.1 Å². The molecule has 1 heterocycles. The molecule has 0 saturated carbocycles. The van der Waals surface area contributed by atoms with Crippen LogP contribution in [-0.4, -0.2) is 17.4 Å². The molecule has 4 nitrogen and oxygen atoms in total. The van der Waals surface area contributed by atoms with Crippen LogP contribution in [0.3, 0.4) is 0 Å². The maximum absolute atomic E-state index is 13.3. The Hall–Kier alpha value is -2.43. The maximum Gasteiger partial charge on any atom is 0.371 e. The number of carbonyl (C=O) groups excluding carboxylic acids is 1. The summed E-state index contributed by atoms with van der Waals surface area (Å²) in [5, 5.41) is 8.69. The van der Waals surface area contributed by atoms with Crippen molar-refractivity contribution in [1.82, 2.24) is 0 Å². The van der Waals surface area contributed by atoms with Gasteiger partial charge in [0.05, 0.1) is 5.56 Å². The standard InChI is InChI=1S/C12H7FO4/c13-9-3-1-2-7(8(9)6-14)10-4-5-11(17-10)12(15)16/h1-6H,(H,15,16). The van der Waals surface area contributed by atoms with Crippen molar-refractivity contribution >= 4 is 12.3 Å². The van der Waals surface area contributed by atoms with Gasteiger partial charge in [0, 0.05) is 5.56 Å². The molecule has 0 bridgehead atoms. The molecule has 0 amide bonds. The van der Waals surface area contributed by atoms with Crippen LogP contribution in [0.2, 0.25) is 0 Å². The van der Waals surface area contributed by atoms with E-state index in [1.807, 2.05) is 0 Å². The van der Waals surface area contributed by atoms with Gasteiger partial charge in [-0.2, -0.15) is 0 Å². The summed E-state index contributed by atoms with van der Waals surface area (Å²) in [5.74, 6) is -2.02. The summed E-state index contributed by atoms with van der Waals surface area (Å²) < 4.78 is 18.3. The Labute approximate surface area is 95.3 Å². The number of carbonyl (C=O) groups is 2. The van der Waals surface area contributed by atoms with Crippen LogP contribution in [0.15, 0.2) is 34.7 Å². The second kappa shape index (κ2) is 4.21. The van der Waals surface area contributed by atoms with Gasteiger partial charge in [-0.15, -0.1) is 0 Å². The van der Waals surface area contributed by atoms with E-state index in [4.69, 9.17) is 9.52 Å². The zero-order chi connectivity index (χ0) is 12.4. The van der Waals surface area contributed by atoms with Crippen molar-refractivity contribution in [3.8, 4) is 11.3 Å². The Bertz CT molecular complexity index is 586. The van der Waals surface area contributed by atoms with E-state index in [2.05, 4.69) is 0 Å². The monoisotopic (exact) mass is 234 g/mol. The molecule has 17 heavy (non-hydrogen) atoms. The first-order chi connectivity index (χ1) is 8.13. The minimum absolute atomic E-state index is 0.143. The molecule has 5 heteroatoms. The number of benzene rings is 1. The number of carboxylic acids is 1. The van der Waals surface area contributed by atoms with Gasteiger partial charge in [0.25, 0.3) is 0 Å². The second-order valence-corrected chi connectivity index (χ2v) is 3.29. The van der Waals surface area contributed by atoms with Gasteiger partial charge in [-0.05, 0) is 18.2 Å². The molecule has 1 N–H and O–H groups in total. The van der Waals surface area contributed by atoms with Gasteiger partial charge < -0.3 is 9.52 Å². The number of aromatic carboxylic acids is 1. The summed E-state index contributed by atoms with van der Waals surface area (Å²) in [4.78, 5) is 21.4. The van der Waals surface area contributed by atoms with Crippen LogP contribution in [0.25, 0.3) is 11.3 Å². The lowest BCUT2D eigenvalue weighted by Gasteiger charge is -2.01. The maximum atomic E-state index is 13.3. The third kappa shape index (κ3) is 1.94. The van der Waals surface area contributed by atoms with E-state index in [0.717, 1.165) is 6.07 Å². The van der Waals surface area contributed by atoms with Crippen LogP contribution in [0.5, 0.6) is 0 Å². The lowest BCUT2D eigenvalue weighted by molar-refractivity contribution is 0.0663. The normalized spacial score (nSPS) is 10.2. The Morgan fingerprint density at radius 2 is 2.06 bits per heavy atom.